The number of alkyl halides is 3. The number of nitrogens with one attached hydrogen (secondary N) is 1. The van der Waals surface area contributed by atoms with Crippen LogP contribution in [0, 0.1) is 0 Å². The van der Waals surface area contributed by atoms with E-state index in [-0.39, 0.29) is 42.7 Å². The normalized spacial score (nSPS) is 20.4. The van der Waals surface area contributed by atoms with Crippen LogP contribution in [0.4, 0.5) is 13.2 Å². The summed E-state index contributed by atoms with van der Waals surface area (Å²) < 4.78 is 43.2. The second kappa shape index (κ2) is 8.79. The lowest BCUT2D eigenvalue weighted by molar-refractivity contribution is -0.138. The fourth-order valence-corrected chi connectivity index (χ4v) is 3.59. The van der Waals surface area contributed by atoms with Crippen LogP contribution in [-0.4, -0.2) is 46.9 Å². The van der Waals surface area contributed by atoms with Crippen molar-refractivity contribution in [2.45, 2.75) is 63.3 Å². The highest BCUT2D eigenvalue weighted by Crippen LogP contribution is 2.29. The predicted octanol–water partition coefficient (Wildman–Crippen LogP) is 2.92. The molecule has 0 bridgehead atoms. The number of aromatic nitrogens is 1. The molecule has 2 aliphatic rings. The van der Waals surface area contributed by atoms with Gasteiger partial charge in [0.25, 0.3) is 0 Å². The molecule has 1 N–H and O–H groups in total. The molecule has 1 aromatic rings. The number of pyridine rings is 1. The number of amides is 2. The van der Waals surface area contributed by atoms with E-state index in [9.17, 15) is 22.8 Å². The van der Waals surface area contributed by atoms with Crippen LogP contribution in [0.1, 0.15) is 50.5 Å². The average molecular weight is 399 g/mol. The lowest BCUT2D eigenvalue weighted by Crippen LogP contribution is -2.35. The van der Waals surface area contributed by atoms with E-state index < -0.39 is 11.7 Å². The molecule has 1 aromatic heterocycles. The highest BCUT2D eigenvalue weighted by molar-refractivity contribution is 5.84. The van der Waals surface area contributed by atoms with E-state index in [1.54, 1.807) is 4.90 Å². The summed E-state index contributed by atoms with van der Waals surface area (Å²) in [6.45, 7) is 0.833. The summed E-state index contributed by atoms with van der Waals surface area (Å²) in [6.07, 6.45) is 1.12. The predicted molar refractivity (Wildman–Crippen MR) is 94.5 cm³/mol. The van der Waals surface area contributed by atoms with E-state index in [2.05, 4.69) is 10.3 Å². The maximum Gasteiger partial charge on any atom is 0.417 e. The first kappa shape index (κ1) is 20.4. The quantitative estimate of drug-likeness (QED) is 0.799. The summed E-state index contributed by atoms with van der Waals surface area (Å²) in [5, 5.41) is 2.96. The first-order valence-corrected chi connectivity index (χ1v) is 9.58. The Bertz CT molecular complexity index is 688. The van der Waals surface area contributed by atoms with Crippen molar-refractivity contribution in [3.05, 3.63) is 23.9 Å². The van der Waals surface area contributed by atoms with Gasteiger partial charge < -0.3 is 15.0 Å². The summed E-state index contributed by atoms with van der Waals surface area (Å²) in [4.78, 5) is 29.5. The van der Waals surface area contributed by atoms with Crippen LogP contribution in [0.5, 0.6) is 5.88 Å². The van der Waals surface area contributed by atoms with Crippen molar-refractivity contribution in [1.82, 2.24) is 15.2 Å². The van der Waals surface area contributed by atoms with Crippen LogP contribution in [-0.2, 0) is 15.8 Å². The zero-order chi connectivity index (χ0) is 20.1. The van der Waals surface area contributed by atoms with E-state index >= 15 is 0 Å². The van der Waals surface area contributed by atoms with Crippen molar-refractivity contribution in [3.63, 3.8) is 0 Å². The molecule has 1 atom stereocenters. The molecule has 6 nitrogen and oxygen atoms in total. The second-order valence-electron chi connectivity index (χ2n) is 7.30. The van der Waals surface area contributed by atoms with Gasteiger partial charge in [-0.05, 0) is 18.9 Å². The molecule has 2 fully saturated rings. The van der Waals surface area contributed by atoms with Crippen molar-refractivity contribution >= 4 is 11.8 Å². The molecule has 1 aliphatic heterocycles. The molecule has 2 heterocycles. The molecule has 154 valence electrons. The molecule has 28 heavy (non-hydrogen) atoms. The summed E-state index contributed by atoms with van der Waals surface area (Å²) in [7, 11) is 0. The Morgan fingerprint density at radius 1 is 1.18 bits per heavy atom. The average Bonchev–Trinajstić information content (AvgIpc) is 3.31. The molecule has 9 heteroatoms. The number of nitrogens with zero attached hydrogens (tertiary/aromatic N) is 2. The van der Waals surface area contributed by atoms with Gasteiger partial charge in [0.2, 0.25) is 17.7 Å². The van der Waals surface area contributed by atoms with E-state index in [4.69, 9.17) is 4.74 Å². The van der Waals surface area contributed by atoms with Gasteiger partial charge in [-0.25, -0.2) is 4.98 Å². The molecule has 0 spiro atoms. The summed E-state index contributed by atoms with van der Waals surface area (Å²) in [5.74, 6) is -0.113. The van der Waals surface area contributed by atoms with Crippen LogP contribution in [0.25, 0.3) is 0 Å². The monoisotopic (exact) mass is 399 g/mol. The molecular formula is C19H24F3N3O3. The molecule has 1 saturated heterocycles. The molecular weight excluding hydrogens is 375 g/mol. The number of hydrogen-bond donors (Lipinski definition) is 1. The van der Waals surface area contributed by atoms with Crippen LogP contribution >= 0.6 is 0 Å². The Balaban J connectivity index is 1.40. The fourth-order valence-electron chi connectivity index (χ4n) is 3.59. The van der Waals surface area contributed by atoms with Gasteiger partial charge in [-0.15, -0.1) is 0 Å². The molecule has 1 unspecified atom stereocenters. The molecule has 1 saturated carbocycles. The van der Waals surface area contributed by atoms with Gasteiger partial charge in [0.1, 0.15) is 6.10 Å². The van der Waals surface area contributed by atoms with Gasteiger partial charge in [-0.2, -0.15) is 13.2 Å². The smallest absolute Gasteiger partial charge is 0.417 e. The Kier molecular flexibility index (Phi) is 6.41. The molecule has 3 rings (SSSR count). The first-order chi connectivity index (χ1) is 13.3. The minimum absolute atomic E-state index is 0.0961. The fraction of sp³-hybridized carbons (Fsp3) is 0.632. The Hall–Kier alpha value is -2.32. The third kappa shape index (κ3) is 5.59. The number of likely N-dealkylation sites (tertiary alicyclic amines) is 1. The van der Waals surface area contributed by atoms with E-state index in [1.807, 2.05) is 0 Å². The van der Waals surface area contributed by atoms with Crippen molar-refractivity contribution in [2.24, 2.45) is 0 Å². The van der Waals surface area contributed by atoms with Gasteiger partial charge in [-0.3, -0.25) is 9.59 Å². The minimum Gasteiger partial charge on any atom is -0.472 e. The van der Waals surface area contributed by atoms with Crippen molar-refractivity contribution < 1.29 is 27.5 Å². The lowest BCUT2D eigenvalue weighted by atomic mass is 10.2. The van der Waals surface area contributed by atoms with Gasteiger partial charge in [0, 0.05) is 44.1 Å². The van der Waals surface area contributed by atoms with Gasteiger partial charge in [0.05, 0.1) is 12.1 Å². The summed E-state index contributed by atoms with van der Waals surface area (Å²) in [5.41, 5.74) is -0.834. The zero-order valence-corrected chi connectivity index (χ0v) is 15.5. The molecule has 0 aromatic carbocycles. The number of carbonyl (C=O) groups is 2. The van der Waals surface area contributed by atoms with Crippen molar-refractivity contribution in [2.75, 3.05) is 13.1 Å². The Labute approximate surface area is 161 Å². The summed E-state index contributed by atoms with van der Waals surface area (Å²) >= 11 is 0. The molecule has 0 radical (unpaired) electrons. The van der Waals surface area contributed by atoms with Gasteiger partial charge in [0.15, 0.2) is 0 Å². The standard InChI is InChI=1S/C19H24F3N3O3/c20-19(21,22)13-5-7-17(23-11-13)28-15-9-10-25(12-15)18(27)8-6-16(26)24-14-3-1-2-4-14/h5,7,11,14-15H,1-4,6,8-10,12H2,(H,24,26). The molecule has 1 aliphatic carbocycles. The minimum atomic E-state index is -4.44. The SMILES string of the molecule is O=C(CCC(=O)N1CCC(Oc2ccc(C(F)(F)F)cn2)C1)NC1CCCC1. The maximum absolute atomic E-state index is 12.6. The van der Waals surface area contributed by atoms with Crippen LogP contribution < -0.4 is 10.1 Å². The first-order valence-electron chi connectivity index (χ1n) is 9.58. The number of carbonyl (C=O) groups excluding carboxylic acids is 2. The second-order valence-corrected chi connectivity index (χ2v) is 7.30. The third-order valence-corrected chi connectivity index (χ3v) is 5.14. The van der Waals surface area contributed by atoms with E-state index in [0.717, 1.165) is 37.9 Å². The number of rotatable bonds is 6. The van der Waals surface area contributed by atoms with Crippen LogP contribution in [0.2, 0.25) is 0 Å². The number of hydrogen-bond acceptors (Lipinski definition) is 4. The third-order valence-electron chi connectivity index (χ3n) is 5.14. The summed E-state index contributed by atoms with van der Waals surface area (Å²) in [6, 6.07) is 2.34. The largest absolute Gasteiger partial charge is 0.472 e. The Morgan fingerprint density at radius 3 is 2.57 bits per heavy atom. The zero-order valence-electron chi connectivity index (χ0n) is 15.5. The molecule has 2 amide bonds. The van der Waals surface area contributed by atoms with E-state index in [0.29, 0.717) is 19.5 Å². The van der Waals surface area contributed by atoms with Gasteiger partial charge >= 0.3 is 6.18 Å². The maximum atomic E-state index is 12.6. The van der Waals surface area contributed by atoms with Gasteiger partial charge in [-0.1, -0.05) is 12.8 Å². The Morgan fingerprint density at radius 2 is 1.93 bits per heavy atom. The number of halogens is 3. The topological polar surface area (TPSA) is 71.5 Å². The lowest BCUT2D eigenvalue weighted by Gasteiger charge is -2.17. The van der Waals surface area contributed by atoms with E-state index in [1.165, 1.54) is 6.07 Å². The van der Waals surface area contributed by atoms with Crippen LogP contribution in [0.3, 0.4) is 0 Å². The number of ether oxygens (including phenoxy) is 1. The van der Waals surface area contributed by atoms with Crippen molar-refractivity contribution in [1.29, 1.82) is 0 Å². The van der Waals surface area contributed by atoms with Crippen molar-refractivity contribution in [3.8, 4) is 5.88 Å². The highest BCUT2D eigenvalue weighted by Gasteiger charge is 2.31. The van der Waals surface area contributed by atoms with Crippen LogP contribution in [0.15, 0.2) is 18.3 Å². The highest BCUT2D eigenvalue weighted by atomic mass is 19.4.